The summed E-state index contributed by atoms with van der Waals surface area (Å²) >= 11 is 0. The Morgan fingerprint density at radius 3 is 2.61 bits per heavy atom. The Bertz CT molecular complexity index is 531. The van der Waals surface area contributed by atoms with Crippen LogP contribution in [0.25, 0.3) is 5.69 Å². The number of aryl methyl sites for hydroxylation is 1. The maximum Gasteiger partial charge on any atom is 0.360 e. The lowest BCUT2D eigenvalue weighted by molar-refractivity contribution is 0.0519. The van der Waals surface area contributed by atoms with E-state index in [4.69, 9.17) is 4.74 Å². The Morgan fingerprint density at radius 2 is 2.00 bits per heavy atom. The molecule has 5 nitrogen and oxygen atoms in total. The number of aromatic nitrogens is 3. The van der Waals surface area contributed by atoms with Crippen LogP contribution in [-0.4, -0.2) is 27.6 Å². The van der Waals surface area contributed by atoms with Crippen molar-refractivity contribution >= 4 is 5.97 Å². The van der Waals surface area contributed by atoms with E-state index in [9.17, 15) is 4.79 Å². The number of carbonyl (C=O) groups excluding carboxylic acids is 1. The summed E-state index contributed by atoms with van der Waals surface area (Å²) < 4.78 is 6.42. The molecule has 1 aromatic heterocycles. The lowest BCUT2D eigenvalue weighted by atomic mass is 10.1. The van der Waals surface area contributed by atoms with Gasteiger partial charge in [0.05, 0.1) is 18.5 Å². The largest absolute Gasteiger partial charge is 0.461 e. The van der Waals surface area contributed by atoms with Crippen LogP contribution in [0, 0.1) is 0 Å². The van der Waals surface area contributed by atoms with E-state index in [1.807, 2.05) is 24.3 Å². The highest BCUT2D eigenvalue weighted by Crippen LogP contribution is 2.09. The highest BCUT2D eigenvalue weighted by atomic mass is 16.5. The molecule has 1 aromatic carbocycles. The smallest absolute Gasteiger partial charge is 0.360 e. The number of esters is 1. The minimum absolute atomic E-state index is 0.219. The molecule has 5 heteroatoms. The summed E-state index contributed by atoms with van der Waals surface area (Å²) in [6, 6.07) is 7.95. The fraction of sp³-hybridized carbons (Fsp3) is 0.308. The van der Waals surface area contributed by atoms with Gasteiger partial charge in [-0.1, -0.05) is 24.3 Å². The summed E-state index contributed by atoms with van der Waals surface area (Å²) in [5, 5.41) is 7.70. The number of carbonyl (C=O) groups is 1. The number of nitrogens with zero attached hydrogens (tertiary/aromatic N) is 3. The van der Waals surface area contributed by atoms with Gasteiger partial charge in [-0.3, -0.25) is 0 Å². The molecule has 0 amide bonds. The van der Waals surface area contributed by atoms with Crippen LogP contribution in [-0.2, 0) is 11.2 Å². The summed E-state index contributed by atoms with van der Waals surface area (Å²) in [7, 11) is 0. The van der Waals surface area contributed by atoms with Gasteiger partial charge in [-0.05, 0) is 31.0 Å². The maximum atomic E-state index is 11.5. The molecular weight excluding hydrogens is 230 g/mol. The fourth-order valence-electron chi connectivity index (χ4n) is 1.57. The average molecular weight is 245 g/mol. The van der Waals surface area contributed by atoms with Crippen molar-refractivity contribution in [3.05, 3.63) is 41.7 Å². The quantitative estimate of drug-likeness (QED) is 0.773. The predicted molar refractivity (Wildman–Crippen MR) is 66.7 cm³/mol. The van der Waals surface area contributed by atoms with Crippen molar-refractivity contribution in [1.29, 1.82) is 0 Å². The van der Waals surface area contributed by atoms with Crippen LogP contribution in [0.1, 0.15) is 29.9 Å². The first-order valence-corrected chi connectivity index (χ1v) is 5.93. The zero-order valence-electron chi connectivity index (χ0n) is 10.5. The van der Waals surface area contributed by atoms with Gasteiger partial charge in [-0.15, -0.1) is 5.10 Å². The third kappa shape index (κ3) is 2.56. The van der Waals surface area contributed by atoms with Crippen LogP contribution >= 0.6 is 0 Å². The normalized spacial score (nSPS) is 10.3. The minimum Gasteiger partial charge on any atom is -0.461 e. The molecule has 0 radical (unpaired) electrons. The van der Waals surface area contributed by atoms with E-state index >= 15 is 0 Å². The number of hydrogen-bond donors (Lipinski definition) is 0. The van der Waals surface area contributed by atoms with Gasteiger partial charge >= 0.3 is 5.97 Å². The summed E-state index contributed by atoms with van der Waals surface area (Å²) in [5.41, 5.74) is 2.34. The van der Waals surface area contributed by atoms with Gasteiger partial charge in [0.15, 0.2) is 5.69 Å². The standard InChI is InChI=1S/C13H15N3O2/c1-3-10-5-7-11(8-6-10)16-9-12(14-15-16)13(17)18-4-2/h5-9H,3-4H2,1-2H3. The number of rotatable bonds is 4. The van der Waals surface area contributed by atoms with Crippen LogP contribution in [0.15, 0.2) is 30.5 Å². The second-order valence-electron chi connectivity index (χ2n) is 3.79. The van der Waals surface area contributed by atoms with E-state index in [2.05, 4.69) is 17.2 Å². The van der Waals surface area contributed by atoms with Gasteiger partial charge in [-0.2, -0.15) is 0 Å². The topological polar surface area (TPSA) is 57.0 Å². The lowest BCUT2D eigenvalue weighted by Gasteiger charge is -2.01. The van der Waals surface area contributed by atoms with Gasteiger partial charge < -0.3 is 4.74 Å². The lowest BCUT2D eigenvalue weighted by Crippen LogP contribution is -2.04. The predicted octanol–water partition coefficient (Wildman–Crippen LogP) is 2.01. The maximum absolute atomic E-state index is 11.5. The molecule has 0 aliphatic carbocycles. The van der Waals surface area contributed by atoms with Crippen LogP contribution in [0.5, 0.6) is 0 Å². The van der Waals surface area contributed by atoms with E-state index < -0.39 is 5.97 Å². The van der Waals surface area contributed by atoms with E-state index in [1.165, 1.54) is 5.56 Å². The SMILES string of the molecule is CCOC(=O)c1cn(-c2ccc(CC)cc2)nn1. The Balaban J connectivity index is 2.20. The molecule has 2 aromatic rings. The Morgan fingerprint density at radius 1 is 1.28 bits per heavy atom. The van der Waals surface area contributed by atoms with E-state index in [0.717, 1.165) is 12.1 Å². The molecule has 1 heterocycles. The zero-order chi connectivity index (χ0) is 13.0. The number of ether oxygens (including phenoxy) is 1. The Hall–Kier alpha value is -2.17. The van der Waals surface area contributed by atoms with Crippen molar-refractivity contribution in [3.63, 3.8) is 0 Å². The first-order valence-electron chi connectivity index (χ1n) is 5.93. The fourth-order valence-corrected chi connectivity index (χ4v) is 1.57. The van der Waals surface area contributed by atoms with Crippen LogP contribution in [0.4, 0.5) is 0 Å². The summed E-state index contributed by atoms with van der Waals surface area (Å²) in [6.45, 7) is 4.19. The second kappa shape index (κ2) is 5.44. The summed E-state index contributed by atoms with van der Waals surface area (Å²) in [6.07, 6.45) is 2.56. The number of benzene rings is 1. The molecule has 0 N–H and O–H groups in total. The van der Waals surface area contributed by atoms with Crippen molar-refractivity contribution < 1.29 is 9.53 Å². The van der Waals surface area contributed by atoms with Crippen molar-refractivity contribution in [2.75, 3.05) is 6.61 Å². The third-order valence-corrected chi connectivity index (χ3v) is 2.59. The Kier molecular flexibility index (Phi) is 3.72. The van der Waals surface area contributed by atoms with E-state index in [0.29, 0.717) is 6.61 Å². The molecule has 0 saturated heterocycles. The molecule has 0 bridgehead atoms. The average Bonchev–Trinajstić information content (AvgIpc) is 2.89. The molecule has 2 rings (SSSR count). The molecular formula is C13H15N3O2. The number of hydrogen-bond acceptors (Lipinski definition) is 4. The Labute approximate surface area is 105 Å². The molecule has 0 saturated carbocycles. The van der Waals surface area contributed by atoms with Gasteiger partial charge in [0.25, 0.3) is 0 Å². The molecule has 0 fully saturated rings. The zero-order valence-corrected chi connectivity index (χ0v) is 10.5. The highest BCUT2D eigenvalue weighted by Gasteiger charge is 2.11. The highest BCUT2D eigenvalue weighted by molar-refractivity contribution is 5.86. The minimum atomic E-state index is -0.450. The van der Waals surface area contributed by atoms with Crippen molar-refractivity contribution in [3.8, 4) is 5.69 Å². The van der Waals surface area contributed by atoms with Gasteiger partial charge in [0, 0.05) is 0 Å². The van der Waals surface area contributed by atoms with Crippen LogP contribution in [0.2, 0.25) is 0 Å². The summed E-state index contributed by atoms with van der Waals surface area (Å²) in [5.74, 6) is -0.450. The molecule has 0 spiro atoms. The monoisotopic (exact) mass is 245 g/mol. The molecule has 0 aliphatic heterocycles. The first kappa shape index (κ1) is 12.3. The van der Waals surface area contributed by atoms with E-state index in [-0.39, 0.29) is 5.69 Å². The van der Waals surface area contributed by atoms with E-state index in [1.54, 1.807) is 17.8 Å². The molecule has 0 aliphatic rings. The van der Waals surface area contributed by atoms with Crippen molar-refractivity contribution in [2.45, 2.75) is 20.3 Å². The first-order chi connectivity index (χ1) is 8.74. The van der Waals surface area contributed by atoms with Crippen LogP contribution < -0.4 is 0 Å². The van der Waals surface area contributed by atoms with Gasteiger partial charge in [0.1, 0.15) is 0 Å². The van der Waals surface area contributed by atoms with Crippen molar-refractivity contribution in [2.24, 2.45) is 0 Å². The molecule has 0 unspecified atom stereocenters. The van der Waals surface area contributed by atoms with Crippen LogP contribution in [0.3, 0.4) is 0 Å². The molecule has 0 atom stereocenters. The molecule has 18 heavy (non-hydrogen) atoms. The molecule has 94 valence electrons. The van der Waals surface area contributed by atoms with Gasteiger partial charge in [0.2, 0.25) is 0 Å². The second-order valence-corrected chi connectivity index (χ2v) is 3.79. The third-order valence-electron chi connectivity index (χ3n) is 2.59. The summed E-state index contributed by atoms with van der Waals surface area (Å²) in [4.78, 5) is 11.5. The van der Waals surface area contributed by atoms with Gasteiger partial charge in [-0.25, -0.2) is 9.48 Å². The van der Waals surface area contributed by atoms with Crippen molar-refractivity contribution in [1.82, 2.24) is 15.0 Å².